The van der Waals surface area contributed by atoms with Gasteiger partial charge in [-0.2, -0.15) is 4.98 Å². The first-order valence-corrected chi connectivity index (χ1v) is 8.16. The molecule has 0 saturated heterocycles. The molecule has 4 heteroatoms. The van der Waals surface area contributed by atoms with E-state index in [1.807, 2.05) is 0 Å². The van der Waals surface area contributed by atoms with Crippen molar-refractivity contribution in [2.75, 3.05) is 6.54 Å². The van der Waals surface area contributed by atoms with E-state index in [4.69, 9.17) is 4.52 Å². The lowest BCUT2D eigenvalue weighted by atomic mass is 9.95. The zero-order valence-corrected chi connectivity index (χ0v) is 13.0. The lowest BCUT2D eigenvalue weighted by Gasteiger charge is -2.22. The first-order valence-electron chi connectivity index (χ1n) is 8.16. The number of nitrogens with zero attached hydrogens (tertiary/aromatic N) is 2. The topological polar surface area (TPSA) is 51.0 Å². The lowest BCUT2D eigenvalue weighted by molar-refractivity contribution is 0.309. The van der Waals surface area contributed by atoms with E-state index in [0.29, 0.717) is 17.4 Å². The monoisotopic (exact) mass is 277 g/mol. The van der Waals surface area contributed by atoms with Crippen LogP contribution in [-0.4, -0.2) is 22.7 Å². The number of nitrogens with one attached hydrogen (secondary N) is 1. The maximum Gasteiger partial charge on any atom is 0.228 e. The number of hydrogen-bond acceptors (Lipinski definition) is 4. The molecule has 2 unspecified atom stereocenters. The van der Waals surface area contributed by atoms with E-state index in [1.54, 1.807) is 0 Å². The molecule has 0 bridgehead atoms. The first-order chi connectivity index (χ1) is 9.60. The molecule has 2 aliphatic carbocycles. The van der Waals surface area contributed by atoms with Crippen LogP contribution >= 0.6 is 0 Å². The zero-order valence-electron chi connectivity index (χ0n) is 13.0. The summed E-state index contributed by atoms with van der Waals surface area (Å²) in [4.78, 5) is 4.64. The third kappa shape index (κ3) is 2.90. The van der Waals surface area contributed by atoms with Crippen LogP contribution in [0.15, 0.2) is 4.52 Å². The summed E-state index contributed by atoms with van der Waals surface area (Å²) < 4.78 is 5.49. The van der Waals surface area contributed by atoms with Gasteiger partial charge in [-0.05, 0) is 37.1 Å². The van der Waals surface area contributed by atoms with Crippen molar-refractivity contribution in [3.8, 4) is 0 Å². The van der Waals surface area contributed by atoms with Crippen molar-refractivity contribution < 1.29 is 4.52 Å². The van der Waals surface area contributed by atoms with Crippen LogP contribution in [0.2, 0.25) is 0 Å². The highest BCUT2D eigenvalue weighted by Crippen LogP contribution is 2.57. The van der Waals surface area contributed by atoms with Crippen LogP contribution in [0.25, 0.3) is 0 Å². The SMILES string of the molecule is CCNC(Cc1nc(C2CC2(C)C)no1)C1CCCC1. The molecule has 3 rings (SSSR count). The van der Waals surface area contributed by atoms with Crippen LogP contribution in [0.1, 0.15) is 70.5 Å². The Kier molecular flexibility index (Phi) is 3.85. The van der Waals surface area contributed by atoms with Crippen LogP contribution in [0, 0.1) is 11.3 Å². The quantitative estimate of drug-likeness (QED) is 0.867. The van der Waals surface area contributed by atoms with Gasteiger partial charge >= 0.3 is 0 Å². The van der Waals surface area contributed by atoms with Gasteiger partial charge in [0, 0.05) is 18.4 Å². The van der Waals surface area contributed by atoms with Gasteiger partial charge in [-0.1, -0.05) is 38.8 Å². The zero-order chi connectivity index (χ0) is 14.2. The van der Waals surface area contributed by atoms with Crippen molar-refractivity contribution in [3.05, 3.63) is 11.7 Å². The van der Waals surface area contributed by atoms with Gasteiger partial charge in [-0.15, -0.1) is 0 Å². The van der Waals surface area contributed by atoms with E-state index in [0.717, 1.165) is 30.6 Å². The van der Waals surface area contributed by atoms with Crippen LogP contribution in [-0.2, 0) is 6.42 Å². The number of hydrogen-bond donors (Lipinski definition) is 1. The molecule has 1 aromatic heterocycles. The molecule has 2 saturated carbocycles. The minimum Gasteiger partial charge on any atom is -0.339 e. The van der Waals surface area contributed by atoms with Crippen molar-refractivity contribution in [1.82, 2.24) is 15.5 Å². The molecule has 2 fully saturated rings. The van der Waals surface area contributed by atoms with Crippen LogP contribution in [0.3, 0.4) is 0 Å². The van der Waals surface area contributed by atoms with Crippen molar-refractivity contribution in [2.45, 2.75) is 71.3 Å². The smallest absolute Gasteiger partial charge is 0.228 e. The lowest BCUT2D eigenvalue weighted by Crippen LogP contribution is -2.37. The van der Waals surface area contributed by atoms with Gasteiger partial charge in [-0.25, -0.2) is 0 Å². The van der Waals surface area contributed by atoms with Crippen molar-refractivity contribution in [3.63, 3.8) is 0 Å². The summed E-state index contributed by atoms with van der Waals surface area (Å²) in [7, 11) is 0. The summed E-state index contributed by atoms with van der Waals surface area (Å²) in [5.74, 6) is 3.03. The Morgan fingerprint density at radius 1 is 1.35 bits per heavy atom. The van der Waals surface area contributed by atoms with Gasteiger partial charge in [0.25, 0.3) is 0 Å². The highest BCUT2D eigenvalue weighted by Gasteiger charge is 2.49. The van der Waals surface area contributed by atoms with Crippen molar-refractivity contribution in [1.29, 1.82) is 0 Å². The highest BCUT2D eigenvalue weighted by molar-refractivity contribution is 5.14. The van der Waals surface area contributed by atoms with Gasteiger partial charge < -0.3 is 9.84 Å². The normalized spacial score (nSPS) is 26.9. The molecule has 112 valence electrons. The van der Waals surface area contributed by atoms with Gasteiger partial charge in [0.2, 0.25) is 5.89 Å². The summed E-state index contributed by atoms with van der Waals surface area (Å²) in [6.45, 7) is 7.73. The Morgan fingerprint density at radius 3 is 2.65 bits per heavy atom. The molecule has 0 aromatic carbocycles. The Bertz CT molecular complexity index is 448. The minimum atomic E-state index is 0.369. The van der Waals surface area contributed by atoms with Crippen molar-refractivity contribution in [2.24, 2.45) is 11.3 Å². The van der Waals surface area contributed by atoms with Crippen LogP contribution < -0.4 is 5.32 Å². The number of rotatable bonds is 6. The van der Waals surface area contributed by atoms with E-state index in [1.165, 1.54) is 32.1 Å². The molecule has 0 amide bonds. The van der Waals surface area contributed by atoms with Gasteiger partial charge in [0.15, 0.2) is 5.82 Å². The summed E-state index contributed by atoms with van der Waals surface area (Å²) in [6.07, 6.45) is 7.50. The standard InChI is InChI=1S/C16H27N3O/c1-4-17-13(11-7-5-6-8-11)9-14-18-15(19-20-14)12-10-16(12,2)3/h11-13,17H,4-10H2,1-3H3. The Morgan fingerprint density at radius 2 is 2.05 bits per heavy atom. The maximum atomic E-state index is 5.49. The molecule has 0 radical (unpaired) electrons. The fraction of sp³-hybridized carbons (Fsp3) is 0.875. The Labute approximate surface area is 121 Å². The molecule has 0 aliphatic heterocycles. The molecule has 4 nitrogen and oxygen atoms in total. The van der Waals surface area contributed by atoms with Gasteiger partial charge in [0.1, 0.15) is 0 Å². The molecule has 2 atom stereocenters. The average Bonchev–Trinajstić information content (AvgIpc) is 2.85. The summed E-state index contributed by atoms with van der Waals surface area (Å²) in [5, 5.41) is 7.82. The third-order valence-electron chi connectivity index (χ3n) is 5.14. The van der Waals surface area contributed by atoms with Crippen LogP contribution in [0.4, 0.5) is 0 Å². The minimum absolute atomic E-state index is 0.369. The molecule has 1 N–H and O–H groups in total. The van der Waals surface area contributed by atoms with E-state index in [-0.39, 0.29) is 0 Å². The Balaban J connectivity index is 1.63. The largest absolute Gasteiger partial charge is 0.339 e. The second-order valence-electron chi connectivity index (χ2n) is 7.20. The van der Waals surface area contributed by atoms with Crippen molar-refractivity contribution >= 4 is 0 Å². The predicted molar refractivity (Wildman–Crippen MR) is 78.6 cm³/mol. The first kappa shape index (κ1) is 14.1. The summed E-state index contributed by atoms with van der Waals surface area (Å²) in [6, 6.07) is 0.503. The van der Waals surface area contributed by atoms with E-state index < -0.39 is 0 Å². The molecule has 0 spiro atoms. The summed E-state index contributed by atoms with van der Waals surface area (Å²) >= 11 is 0. The predicted octanol–water partition coefficient (Wildman–Crippen LogP) is 3.29. The molecule has 20 heavy (non-hydrogen) atoms. The number of likely N-dealkylation sites (N-methyl/N-ethyl adjacent to an activating group) is 1. The number of aromatic nitrogens is 2. The highest BCUT2D eigenvalue weighted by atomic mass is 16.5. The van der Waals surface area contributed by atoms with E-state index in [9.17, 15) is 0 Å². The molecular formula is C16H27N3O. The maximum absolute atomic E-state index is 5.49. The Hall–Kier alpha value is -0.900. The van der Waals surface area contributed by atoms with E-state index >= 15 is 0 Å². The molecular weight excluding hydrogens is 250 g/mol. The molecule has 1 heterocycles. The molecule has 1 aromatic rings. The fourth-order valence-electron chi connectivity index (χ4n) is 3.62. The summed E-state index contributed by atoms with van der Waals surface area (Å²) in [5.41, 5.74) is 0.369. The second-order valence-corrected chi connectivity index (χ2v) is 7.20. The van der Waals surface area contributed by atoms with Gasteiger partial charge in [0.05, 0.1) is 0 Å². The fourth-order valence-corrected chi connectivity index (χ4v) is 3.62. The second kappa shape index (κ2) is 5.47. The van der Waals surface area contributed by atoms with Gasteiger partial charge in [-0.3, -0.25) is 0 Å². The molecule has 2 aliphatic rings. The van der Waals surface area contributed by atoms with Crippen LogP contribution in [0.5, 0.6) is 0 Å². The third-order valence-corrected chi connectivity index (χ3v) is 5.14. The van der Waals surface area contributed by atoms with E-state index in [2.05, 4.69) is 36.2 Å². The average molecular weight is 277 g/mol.